The molecule has 1 saturated heterocycles. The highest BCUT2D eigenvalue weighted by Gasteiger charge is 2.71. The van der Waals surface area contributed by atoms with Crippen LogP contribution in [-0.4, -0.2) is 56.2 Å². The number of carbonyl (C=O) groups is 2. The van der Waals surface area contributed by atoms with Crippen LogP contribution < -0.4 is 4.74 Å². The highest BCUT2D eigenvalue weighted by molar-refractivity contribution is 5.82. The van der Waals surface area contributed by atoms with Crippen molar-refractivity contribution in [1.29, 1.82) is 0 Å². The molecule has 0 bridgehead atoms. The molecule has 0 aromatic heterocycles. The van der Waals surface area contributed by atoms with E-state index in [1.165, 1.54) is 5.57 Å². The molecule has 0 radical (unpaired) electrons. The van der Waals surface area contributed by atoms with Gasteiger partial charge in [-0.2, -0.15) is 0 Å². The fraction of sp³-hybridized carbons (Fsp3) is 0.762. The molecule has 5 fully saturated rings. The zero-order valence-corrected chi connectivity index (χ0v) is 31.6. The standard InChI is InChI=1S/C42H60O8/c1-9-47-33(44)23-48-37(45)42-19-16-25(2)26(3)34(42)29-14-15-32-38(4)22-30(43)35-39(5,31(38)17-18-41(32,7)40(29,6)20-21-42)24-49-36(50-35)27-10-12-28(46-8)13-11-27/h10-14,25-26,30-32,34-36,43H,9,15-24H2,1-8H3/t25-,26+,30-,31?,32?,34?,35+,36?,38+,39+,40-,41-,42+/m1/s1. The van der Waals surface area contributed by atoms with Crippen LogP contribution in [0.25, 0.3) is 0 Å². The van der Waals surface area contributed by atoms with E-state index in [9.17, 15) is 14.7 Å². The largest absolute Gasteiger partial charge is 0.497 e. The van der Waals surface area contributed by atoms with Crippen LogP contribution in [0.3, 0.4) is 0 Å². The average molecular weight is 693 g/mol. The number of aliphatic hydroxyl groups excluding tert-OH is 1. The lowest BCUT2D eigenvalue weighted by molar-refractivity contribution is -0.339. The summed E-state index contributed by atoms with van der Waals surface area (Å²) in [6.45, 7) is 16.7. The van der Waals surface area contributed by atoms with Crippen LogP contribution >= 0.6 is 0 Å². The van der Waals surface area contributed by atoms with Crippen molar-refractivity contribution in [2.75, 3.05) is 26.9 Å². The first kappa shape index (κ1) is 36.0. The molecule has 4 unspecified atom stereocenters. The molecule has 1 heterocycles. The fourth-order valence-electron chi connectivity index (χ4n) is 13.0. The molecule has 13 atom stereocenters. The molecule has 8 nitrogen and oxygen atoms in total. The SMILES string of the molecule is CCOC(=O)COC(=O)[C@]12CC[C@@H](C)[C@H](C)C1C1=CCC3[C@@]4(C)C[C@@H](O)[C@@H]5OC(c6ccc(OC)cc6)OC[C@@]5(C)C4CC[C@@]3(C)[C@]1(C)CC2. The van der Waals surface area contributed by atoms with Crippen molar-refractivity contribution in [2.24, 2.45) is 56.7 Å². The Morgan fingerprint density at radius 3 is 2.38 bits per heavy atom. The minimum absolute atomic E-state index is 0.00529. The summed E-state index contributed by atoms with van der Waals surface area (Å²) in [5, 5.41) is 12.0. The monoisotopic (exact) mass is 692 g/mol. The van der Waals surface area contributed by atoms with Crippen LogP contribution in [0.1, 0.15) is 112 Å². The molecular formula is C42H60O8. The smallest absolute Gasteiger partial charge is 0.344 e. The van der Waals surface area contributed by atoms with Crippen molar-refractivity contribution < 1.29 is 38.4 Å². The maximum atomic E-state index is 14.1. The molecule has 1 aromatic carbocycles. The number of esters is 2. The highest BCUT2D eigenvalue weighted by atomic mass is 16.7. The molecule has 8 heteroatoms. The summed E-state index contributed by atoms with van der Waals surface area (Å²) in [4.78, 5) is 26.3. The number of allylic oxidation sites excluding steroid dienone is 2. The molecule has 7 rings (SSSR count). The predicted octanol–water partition coefficient (Wildman–Crippen LogP) is 7.82. The molecule has 1 aromatic rings. The van der Waals surface area contributed by atoms with Crippen LogP contribution in [0.4, 0.5) is 0 Å². The lowest BCUT2D eigenvalue weighted by Gasteiger charge is -2.72. The third kappa shape index (κ3) is 5.08. The van der Waals surface area contributed by atoms with Gasteiger partial charge in [0.1, 0.15) is 5.75 Å². The second kappa shape index (κ2) is 12.6. The number of ether oxygens (including phenoxy) is 5. The van der Waals surface area contributed by atoms with Gasteiger partial charge in [-0.15, -0.1) is 0 Å². The van der Waals surface area contributed by atoms with E-state index in [0.29, 0.717) is 36.7 Å². The van der Waals surface area contributed by atoms with E-state index >= 15 is 0 Å². The zero-order chi connectivity index (χ0) is 35.9. The van der Waals surface area contributed by atoms with Crippen molar-refractivity contribution in [2.45, 2.75) is 118 Å². The first-order chi connectivity index (χ1) is 23.7. The van der Waals surface area contributed by atoms with Gasteiger partial charge >= 0.3 is 11.9 Å². The first-order valence-electron chi connectivity index (χ1n) is 19.3. The molecular weight excluding hydrogens is 632 g/mol. The highest BCUT2D eigenvalue weighted by Crippen LogP contribution is 2.76. The van der Waals surface area contributed by atoms with Crippen molar-refractivity contribution in [3.05, 3.63) is 41.5 Å². The lowest BCUT2D eigenvalue weighted by atomic mass is 9.33. The number of fused-ring (bicyclic) bond motifs is 9. The Morgan fingerprint density at radius 1 is 0.940 bits per heavy atom. The third-order valence-electron chi connectivity index (χ3n) is 15.9. The summed E-state index contributed by atoms with van der Waals surface area (Å²) in [5.74, 6) is 1.68. The van der Waals surface area contributed by atoms with E-state index in [1.807, 2.05) is 24.3 Å². The second-order valence-corrected chi connectivity index (χ2v) is 17.9. The number of hydrogen-bond acceptors (Lipinski definition) is 8. The summed E-state index contributed by atoms with van der Waals surface area (Å²) in [6.07, 6.45) is 8.34. The van der Waals surface area contributed by atoms with Gasteiger partial charge in [0.25, 0.3) is 0 Å². The summed E-state index contributed by atoms with van der Waals surface area (Å²) in [5.41, 5.74) is 1.24. The number of carbonyl (C=O) groups excluding carboxylic acids is 2. The maximum absolute atomic E-state index is 14.1. The molecule has 1 N–H and O–H groups in total. The van der Waals surface area contributed by atoms with Crippen molar-refractivity contribution >= 4 is 11.9 Å². The van der Waals surface area contributed by atoms with Gasteiger partial charge in [-0.25, -0.2) is 4.79 Å². The number of benzene rings is 1. The molecule has 1 aliphatic heterocycles. The zero-order valence-electron chi connectivity index (χ0n) is 31.6. The van der Waals surface area contributed by atoms with Crippen molar-refractivity contribution in [3.8, 4) is 5.75 Å². The molecule has 5 aliphatic carbocycles. The number of rotatable bonds is 6. The van der Waals surface area contributed by atoms with E-state index in [2.05, 4.69) is 47.6 Å². The minimum atomic E-state index is -0.618. The molecule has 0 spiro atoms. The second-order valence-electron chi connectivity index (χ2n) is 17.9. The van der Waals surface area contributed by atoms with Gasteiger partial charge in [0, 0.05) is 11.0 Å². The van der Waals surface area contributed by atoms with Crippen LogP contribution in [-0.2, 0) is 28.5 Å². The summed E-state index contributed by atoms with van der Waals surface area (Å²) >= 11 is 0. The van der Waals surface area contributed by atoms with Crippen molar-refractivity contribution in [1.82, 2.24) is 0 Å². The fourth-order valence-corrected chi connectivity index (χ4v) is 13.0. The Morgan fingerprint density at radius 2 is 1.68 bits per heavy atom. The molecule has 4 saturated carbocycles. The average Bonchev–Trinajstić information content (AvgIpc) is 3.09. The Bertz CT molecular complexity index is 1510. The van der Waals surface area contributed by atoms with Crippen LogP contribution in [0.2, 0.25) is 0 Å². The topological polar surface area (TPSA) is 101 Å². The van der Waals surface area contributed by atoms with Gasteiger partial charge in [-0.1, -0.05) is 65.3 Å². The van der Waals surface area contributed by atoms with Crippen molar-refractivity contribution in [3.63, 3.8) is 0 Å². The summed E-state index contributed by atoms with van der Waals surface area (Å²) < 4.78 is 29.5. The molecule has 50 heavy (non-hydrogen) atoms. The Kier molecular flexibility index (Phi) is 9.07. The van der Waals surface area contributed by atoms with E-state index in [1.54, 1.807) is 14.0 Å². The number of methoxy groups -OCH3 is 1. The van der Waals surface area contributed by atoms with E-state index < -0.39 is 23.8 Å². The van der Waals surface area contributed by atoms with Crippen LogP contribution in [0.5, 0.6) is 5.75 Å². The van der Waals surface area contributed by atoms with Crippen LogP contribution in [0, 0.1) is 56.7 Å². The van der Waals surface area contributed by atoms with Gasteiger partial charge in [0.05, 0.1) is 37.9 Å². The molecule has 276 valence electrons. The Labute approximate surface area is 299 Å². The first-order valence-corrected chi connectivity index (χ1v) is 19.3. The maximum Gasteiger partial charge on any atom is 0.344 e. The van der Waals surface area contributed by atoms with Gasteiger partial charge in [0.2, 0.25) is 0 Å². The van der Waals surface area contributed by atoms with E-state index in [4.69, 9.17) is 23.7 Å². The lowest BCUT2D eigenvalue weighted by Crippen LogP contribution is -2.69. The third-order valence-corrected chi connectivity index (χ3v) is 15.9. The minimum Gasteiger partial charge on any atom is -0.497 e. The Hall–Kier alpha value is -2.42. The molecule has 0 amide bonds. The molecule has 6 aliphatic rings. The quantitative estimate of drug-likeness (QED) is 0.238. The van der Waals surface area contributed by atoms with E-state index in [-0.39, 0.29) is 52.9 Å². The van der Waals surface area contributed by atoms with Crippen LogP contribution in [0.15, 0.2) is 35.9 Å². The van der Waals surface area contributed by atoms with E-state index in [0.717, 1.165) is 56.3 Å². The summed E-state index contributed by atoms with van der Waals surface area (Å²) in [7, 11) is 1.66. The number of hydrogen-bond donors (Lipinski definition) is 1. The van der Waals surface area contributed by atoms with Gasteiger partial charge < -0.3 is 28.8 Å². The number of aliphatic hydroxyl groups is 1. The Balaban J connectivity index is 1.19. The van der Waals surface area contributed by atoms with Gasteiger partial charge in [-0.3, -0.25) is 4.79 Å². The van der Waals surface area contributed by atoms with Gasteiger partial charge in [-0.05, 0) is 116 Å². The van der Waals surface area contributed by atoms with Gasteiger partial charge in [0.15, 0.2) is 12.9 Å². The summed E-state index contributed by atoms with van der Waals surface area (Å²) in [6, 6.07) is 7.82. The normalized spacial score (nSPS) is 46.5. The predicted molar refractivity (Wildman–Crippen MR) is 189 cm³/mol.